The molecule has 3 heterocycles. The largest absolute Gasteiger partial charge is 0.506 e. The second kappa shape index (κ2) is 8.22. The topological polar surface area (TPSA) is 50.9 Å². The van der Waals surface area contributed by atoms with Crippen LogP contribution < -0.4 is 10.5 Å². The Kier molecular flexibility index (Phi) is 5.01. The van der Waals surface area contributed by atoms with Crippen LogP contribution in [0.3, 0.4) is 0 Å². The smallest absolute Gasteiger partial charge is 0.146 e. The minimum Gasteiger partial charge on any atom is -0.506 e. The van der Waals surface area contributed by atoms with E-state index in [1.165, 1.54) is 10.5 Å². The summed E-state index contributed by atoms with van der Waals surface area (Å²) in [7, 11) is -1.95. The molecule has 3 aromatic carbocycles. The van der Waals surface area contributed by atoms with Crippen molar-refractivity contribution < 1.29 is 5.11 Å². The van der Waals surface area contributed by atoms with Crippen molar-refractivity contribution in [3.8, 4) is 22.7 Å². The van der Waals surface area contributed by atoms with Gasteiger partial charge in [0.15, 0.2) is 0 Å². The van der Waals surface area contributed by atoms with Crippen LogP contribution in [0.15, 0.2) is 109 Å². The Morgan fingerprint density at radius 3 is 2.37 bits per heavy atom. The number of rotatable bonds is 4. The van der Waals surface area contributed by atoms with Crippen molar-refractivity contribution in [1.29, 1.82) is 0 Å². The molecular weight excluding hydrogens is 446 g/mol. The van der Waals surface area contributed by atoms with E-state index in [0.29, 0.717) is 0 Å². The summed E-state index contributed by atoms with van der Waals surface area (Å²) in [6, 6.07) is 34.8. The lowest BCUT2D eigenvalue weighted by Crippen LogP contribution is -2.54. The van der Waals surface area contributed by atoms with E-state index in [-0.39, 0.29) is 5.75 Å². The van der Waals surface area contributed by atoms with Gasteiger partial charge in [-0.3, -0.25) is 9.55 Å². The summed E-state index contributed by atoms with van der Waals surface area (Å²) in [4.78, 5) is 9.81. The van der Waals surface area contributed by atoms with E-state index in [0.717, 1.165) is 38.9 Å². The number of phenolic OH excluding ortho intramolecular Hbond substituents is 1. The Hall–Kier alpha value is -4.22. The molecule has 6 rings (SSSR count). The predicted molar refractivity (Wildman–Crippen MR) is 147 cm³/mol. The maximum absolute atomic E-state index is 10.7. The first kappa shape index (κ1) is 21.3. The second-order valence-corrected chi connectivity index (χ2v) is 13.7. The molecular formula is C30H25N3OSi. The van der Waals surface area contributed by atoms with Gasteiger partial charge in [0, 0.05) is 27.8 Å². The third kappa shape index (κ3) is 3.52. The molecule has 6 aromatic rings. The van der Waals surface area contributed by atoms with Crippen molar-refractivity contribution in [1.82, 2.24) is 14.5 Å². The Bertz CT molecular complexity index is 1690. The average molecular weight is 472 g/mol. The molecule has 170 valence electrons. The maximum atomic E-state index is 10.7. The summed E-state index contributed by atoms with van der Waals surface area (Å²) in [5.74, 6) is 0.229. The number of phenols is 1. The maximum Gasteiger partial charge on any atom is 0.146 e. The quantitative estimate of drug-likeness (QED) is 0.332. The highest BCUT2D eigenvalue weighted by Gasteiger charge is 2.28. The van der Waals surface area contributed by atoms with Gasteiger partial charge in [0.2, 0.25) is 0 Å². The molecule has 0 aliphatic rings. The van der Waals surface area contributed by atoms with Gasteiger partial charge in [-0.15, -0.1) is 0 Å². The number of aromatic hydroxyl groups is 1. The summed E-state index contributed by atoms with van der Waals surface area (Å²) in [5, 5.41) is 15.3. The Balaban J connectivity index is 1.55. The molecule has 0 unspecified atom stereocenters. The Labute approximate surface area is 205 Å². The molecule has 0 amide bonds. The van der Waals surface area contributed by atoms with Crippen molar-refractivity contribution in [3.63, 3.8) is 0 Å². The van der Waals surface area contributed by atoms with E-state index in [9.17, 15) is 5.11 Å². The molecule has 0 saturated carbocycles. The highest BCUT2D eigenvalue weighted by molar-refractivity contribution is 6.99. The number of nitrogens with zero attached hydrogens (tertiary/aromatic N) is 3. The average Bonchev–Trinajstić information content (AvgIpc) is 3.23. The first-order chi connectivity index (χ1) is 17.0. The first-order valence-electron chi connectivity index (χ1n) is 11.7. The highest BCUT2D eigenvalue weighted by atomic mass is 28.3. The van der Waals surface area contributed by atoms with Crippen LogP contribution in [0.1, 0.15) is 0 Å². The van der Waals surface area contributed by atoms with E-state index in [2.05, 4.69) is 83.3 Å². The molecule has 0 aliphatic heterocycles. The lowest BCUT2D eigenvalue weighted by Gasteiger charge is -2.22. The minimum atomic E-state index is -1.95. The molecule has 0 radical (unpaired) electrons. The van der Waals surface area contributed by atoms with Gasteiger partial charge in [-0.1, -0.05) is 78.9 Å². The minimum absolute atomic E-state index is 0.229. The number of pyridine rings is 2. The standard InChI is InChI=1S/C30H25N3OSi/c1-35(2,29-16-7-8-19-31-29)22-11-9-10-21(20-22)25-18-17-24-23-12-3-4-13-26(23)33(30(24)32-25)27-14-5-6-15-28(27)34/h3-20,34H,1-2H3. The fourth-order valence-electron chi connectivity index (χ4n) is 4.85. The van der Waals surface area contributed by atoms with Crippen LogP contribution in [-0.2, 0) is 0 Å². The van der Waals surface area contributed by atoms with Crippen LogP contribution in [0.5, 0.6) is 5.75 Å². The molecule has 3 aromatic heterocycles. The molecule has 4 nitrogen and oxygen atoms in total. The molecule has 5 heteroatoms. The van der Waals surface area contributed by atoms with Crippen molar-refractivity contribution >= 4 is 40.5 Å². The van der Waals surface area contributed by atoms with Crippen LogP contribution in [-0.4, -0.2) is 27.7 Å². The van der Waals surface area contributed by atoms with Crippen LogP contribution in [0.25, 0.3) is 38.9 Å². The van der Waals surface area contributed by atoms with E-state index < -0.39 is 8.07 Å². The highest BCUT2D eigenvalue weighted by Crippen LogP contribution is 2.35. The van der Waals surface area contributed by atoms with Gasteiger partial charge in [0.05, 0.1) is 16.9 Å². The molecule has 0 saturated heterocycles. The molecule has 0 spiro atoms. The number of hydrogen-bond acceptors (Lipinski definition) is 3. The van der Waals surface area contributed by atoms with Gasteiger partial charge in [-0.2, -0.15) is 0 Å². The zero-order valence-corrected chi connectivity index (χ0v) is 20.7. The zero-order chi connectivity index (χ0) is 24.0. The predicted octanol–water partition coefficient (Wildman–Crippen LogP) is 5.77. The number of fused-ring (bicyclic) bond motifs is 3. The van der Waals surface area contributed by atoms with Crippen molar-refractivity contribution in [2.75, 3.05) is 0 Å². The van der Waals surface area contributed by atoms with Gasteiger partial charge < -0.3 is 5.11 Å². The van der Waals surface area contributed by atoms with E-state index >= 15 is 0 Å². The van der Waals surface area contributed by atoms with Gasteiger partial charge in [-0.05, 0) is 42.5 Å². The van der Waals surface area contributed by atoms with Crippen LogP contribution in [0.4, 0.5) is 0 Å². The van der Waals surface area contributed by atoms with Crippen molar-refractivity contribution in [3.05, 3.63) is 109 Å². The monoisotopic (exact) mass is 471 g/mol. The number of aromatic nitrogens is 3. The van der Waals surface area contributed by atoms with Crippen LogP contribution in [0.2, 0.25) is 13.1 Å². The molecule has 0 fully saturated rings. The fraction of sp³-hybridized carbons (Fsp3) is 0.0667. The third-order valence-electron chi connectivity index (χ3n) is 6.83. The molecule has 0 atom stereocenters. The molecule has 1 N–H and O–H groups in total. The summed E-state index contributed by atoms with van der Waals surface area (Å²) in [6.07, 6.45) is 1.88. The van der Waals surface area contributed by atoms with E-state index in [1.807, 2.05) is 42.6 Å². The second-order valence-electron chi connectivity index (χ2n) is 9.33. The van der Waals surface area contributed by atoms with Crippen LogP contribution >= 0.6 is 0 Å². The molecule has 0 aliphatic carbocycles. The number of benzene rings is 3. The van der Waals surface area contributed by atoms with Gasteiger partial charge in [0.25, 0.3) is 0 Å². The lowest BCUT2D eigenvalue weighted by molar-refractivity contribution is 0.473. The molecule has 35 heavy (non-hydrogen) atoms. The summed E-state index contributed by atoms with van der Waals surface area (Å²) >= 11 is 0. The fourth-order valence-corrected chi connectivity index (χ4v) is 7.08. The lowest BCUT2D eigenvalue weighted by atomic mass is 10.1. The number of para-hydroxylation sites is 3. The van der Waals surface area contributed by atoms with E-state index in [4.69, 9.17) is 4.98 Å². The normalized spacial score (nSPS) is 11.8. The van der Waals surface area contributed by atoms with Gasteiger partial charge in [-0.25, -0.2) is 4.98 Å². The Morgan fingerprint density at radius 1 is 0.743 bits per heavy atom. The number of hydrogen-bond donors (Lipinski definition) is 1. The third-order valence-corrected chi connectivity index (χ3v) is 10.2. The van der Waals surface area contributed by atoms with Gasteiger partial charge >= 0.3 is 0 Å². The first-order valence-corrected chi connectivity index (χ1v) is 14.7. The van der Waals surface area contributed by atoms with Crippen molar-refractivity contribution in [2.45, 2.75) is 13.1 Å². The summed E-state index contributed by atoms with van der Waals surface area (Å²) < 4.78 is 2.06. The van der Waals surface area contributed by atoms with E-state index in [1.54, 1.807) is 6.07 Å². The van der Waals surface area contributed by atoms with Gasteiger partial charge in [0.1, 0.15) is 19.5 Å². The van der Waals surface area contributed by atoms with Crippen LogP contribution in [0, 0.1) is 0 Å². The SMILES string of the molecule is C[Si](C)(c1cccc(-c2ccc3c4ccccc4n(-c4ccccc4O)c3n2)c1)c1ccccn1. The summed E-state index contributed by atoms with van der Waals surface area (Å²) in [6.45, 7) is 4.67. The Morgan fingerprint density at radius 2 is 1.54 bits per heavy atom. The summed E-state index contributed by atoms with van der Waals surface area (Å²) in [5.41, 5.74) is 4.56. The molecule has 0 bridgehead atoms. The zero-order valence-electron chi connectivity index (χ0n) is 19.7. The van der Waals surface area contributed by atoms with Crippen molar-refractivity contribution in [2.24, 2.45) is 0 Å².